The van der Waals surface area contributed by atoms with E-state index >= 15 is 0 Å². The summed E-state index contributed by atoms with van der Waals surface area (Å²) in [5.74, 6) is 0.684. The molecule has 0 unspecified atom stereocenters. The number of carbonyl (C=O) groups is 1. The van der Waals surface area contributed by atoms with E-state index in [1.165, 1.54) is 22.0 Å². The van der Waals surface area contributed by atoms with E-state index in [1.54, 1.807) is 13.1 Å². The lowest BCUT2D eigenvalue weighted by Gasteiger charge is -2.11. The van der Waals surface area contributed by atoms with Crippen molar-refractivity contribution in [3.63, 3.8) is 0 Å². The Morgan fingerprint density at radius 1 is 1.14 bits per heavy atom. The van der Waals surface area contributed by atoms with Gasteiger partial charge in [-0.2, -0.15) is 0 Å². The number of aromatic amines is 1. The number of aromatic nitrogens is 1. The highest BCUT2D eigenvalue weighted by molar-refractivity contribution is 5.94. The topological polar surface area (TPSA) is 81.3 Å². The van der Waals surface area contributed by atoms with Gasteiger partial charge in [-0.15, -0.1) is 0 Å². The van der Waals surface area contributed by atoms with Gasteiger partial charge in [0.1, 0.15) is 0 Å². The largest absolute Gasteiger partial charge is 0.361 e. The van der Waals surface area contributed by atoms with E-state index in [1.807, 2.05) is 25.1 Å². The lowest BCUT2D eigenvalue weighted by molar-refractivity contribution is 0.0963. The molecule has 3 aromatic rings. The molecule has 0 fully saturated rings. The maximum absolute atomic E-state index is 11.8. The van der Waals surface area contributed by atoms with Crippen molar-refractivity contribution in [3.05, 3.63) is 70.9 Å². The summed E-state index contributed by atoms with van der Waals surface area (Å²) in [6.45, 7) is 6.23. The summed E-state index contributed by atoms with van der Waals surface area (Å²) in [5.41, 5.74) is 5.37. The highest BCUT2D eigenvalue weighted by atomic mass is 16.1. The molecule has 4 N–H and O–H groups in total. The number of aliphatic imine (C=N–C) groups is 1. The van der Waals surface area contributed by atoms with Crippen molar-refractivity contribution in [1.82, 2.24) is 20.9 Å². The SMILES string of the molecule is CCNC(=NCc1cccc(C(=O)NC)c1)NCCc1c[nH]c2cc(C)ccc12. The molecular formula is C23H29N5O. The molecule has 0 bridgehead atoms. The normalized spacial score (nSPS) is 11.5. The third kappa shape index (κ3) is 5.38. The second-order valence-corrected chi connectivity index (χ2v) is 7.01. The van der Waals surface area contributed by atoms with Gasteiger partial charge in [-0.3, -0.25) is 4.79 Å². The molecule has 2 aromatic carbocycles. The van der Waals surface area contributed by atoms with Crippen LogP contribution in [0.25, 0.3) is 10.9 Å². The lowest BCUT2D eigenvalue weighted by atomic mass is 10.1. The molecule has 1 aromatic heterocycles. The molecule has 0 radical (unpaired) electrons. The zero-order valence-corrected chi connectivity index (χ0v) is 17.3. The molecule has 0 saturated heterocycles. The van der Waals surface area contributed by atoms with Crippen LogP contribution in [0.5, 0.6) is 0 Å². The van der Waals surface area contributed by atoms with Crippen LogP contribution >= 0.6 is 0 Å². The zero-order valence-electron chi connectivity index (χ0n) is 17.3. The Bertz CT molecular complexity index is 1010. The van der Waals surface area contributed by atoms with E-state index in [4.69, 9.17) is 0 Å². The summed E-state index contributed by atoms with van der Waals surface area (Å²) in [4.78, 5) is 19.8. The van der Waals surface area contributed by atoms with E-state index in [9.17, 15) is 4.79 Å². The summed E-state index contributed by atoms with van der Waals surface area (Å²) in [5, 5.41) is 10.6. The van der Waals surface area contributed by atoms with Gasteiger partial charge in [0, 0.05) is 42.8 Å². The molecule has 152 valence electrons. The number of hydrogen-bond acceptors (Lipinski definition) is 2. The molecular weight excluding hydrogens is 362 g/mol. The molecule has 1 heterocycles. The maximum Gasteiger partial charge on any atom is 0.251 e. The van der Waals surface area contributed by atoms with E-state index in [0.717, 1.165) is 31.0 Å². The van der Waals surface area contributed by atoms with Gasteiger partial charge in [0.2, 0.25) is 0 Å². The first-order chi connectivity index (χ1) is 14.1. The van der Waals surface area contributed by atoms with Gasteiger partial charge < -0.3 is 20.9 Å². The predicted molar refractivity (Wildman–Crippen MR) is 119 cm³/mol. The first kappa shape index (κ1) is 20.5. The van der Waals surface area contributed by atoms with Gasteiger partial charge in [0.05, 0.1) is 6.54 Å². The number of nitrogens with zero attached hydrogens (tertiary/aromatic N) is 1. The van der Waals surface area contributed by atoms with Crippen molar-refractivity contribution in [2.75, 3.05) is 20.1 Å². The first-order valence-electron chi connectivity index (χ1n) is 10.0. The summed E-state index contributed by atoms with van der Waals surface area (Å²) < 4.78 is 0. The number of H-pyrrole nitrogens is 1. The van der Waals surface area contributed by atoms with Crippen molar-refractivity contribution in [2.45, 2.75) is 26.8 Å². The molecule has 0 spiro atoms. The fourth-order valence-electron chi connectivity index (χ4n) is 3.29. The Balaban J connectivity index is 1.61. The van der Waals surface area contributed by atoms with Gasteiger partial charge in [-0.1, -0.05) is 24.3 Å². The molecule has 3 rings (SSSR count). The molecule has 6 nitrogen and oxygen atoms in total. The summed E-state index contributed by atoms with van der Waals surface area (Å²) in [6, 6.07) is 14.0. The van der Waals surface area contributed by atoms with E-state index < -0.39 is 0 Å². The van der Waals surface area contributed by atoms with E-state index in [0.29, 0.717) is 12.1 Å². The third-order valence-electron chi connectivity index (χ3n) is 4.79. The number of benzene rings is 2. The van der Waals surface area contributed by atoms with Crippen molar-refractivity contribution in [3.8, 4) is 0 Å². The monoisotopic (exact) mass is 391 g/mol. The molecule has 0 aliphatic carbocycles. The van der Waals surface area contributed by atoms with E-state index in [-0.39, 0.29) is 5.91 Å². The molecule has 0 atom stereocenters. The summed E-state index contributed by atoms with van der Waals surface area (Å²) >= 11 is 0. The van der Waals surface area contributed by atoms with Gasteiger partial charge >= 0.3 is 0 Å². The Labute approximate surface area is 171 Å². The highest BCUT2D eigenvalue weighted by Crippen LogP contribution is 2.19. The number of guanidine groups is 1. The van der Waals surface area contributed by atoms with Crippen LogP contribution in [-0.4, -0.2) is 37.0 Å². The maximum atomic E-state index is 11.8. The van der Waals surface area contributed by atoms with Gasteiger partial charge in [-0.25, -0.2) is 4.99 Å². The Morgan fingerprint density at radius 2 is 2.00 bits per heavy atom. The Hall–Kier alpha value is -3.28. The number of aryl methyl sites for hydroxylation is 1. The van der Waals surface area contributed by atoms with Crippen LogP contribution < -0.4 is 16.0 Å². The minimum atomic E-state index is -0.0882. The van der Waals surface area contributed by atoms with Crippen LogP contribution in [0.2, 0.25) is 0 Å². The van der Waals surface area contributed by atoms with Crippen LogP contribution in [0.1, 0.15) is 34.0 Å². The minimum Gasteiger partial charge on any atom is -0.361 e. The molecule has 6 heteroatoms. The second kappa shape index (κ2) is 9.78. The molecule has 0 aliphatic rings. The summed E-state index contributed by atoms with van der Waals surface area (Å²) in [6.07, 6.45) is 2.99. The van der Waals surface area contributed by atoms with Crippen LogP contribution in [0.3, 0.4) is 0 Å². The smallest absolute Gasteiger partial charge is 0.251 e. The molecule has 0 saturated carbocycles. The number of carbonyl (C=O) groups excluding carboxylic acids is 1. The number of nitrogens with one attached hydrogen (secondary N) is 4. The van der Waals surface area contributed by atoms with Gasteiger partial charge in [-0.05, 0) is 55.2 Å². The van der Waals surface area contributed by atoms with Gasteiger partial charge in [0.25, 0.3) is 5.91 Å². The first-order valence-corrected chi connectivity index (χ1v) is 10.0. The van der Waals surface area contributed by atoms with Crippen LogP contribution in [0.15, 0.2) is 53.7 Å². The van der Waals surface area contributed by atoms with Crippen LogP contribution in [0.4, 0.5) is 0 Å². The molecule has 1 amide bonds. The standard InChI is InChI=1S/C23H29N5O/c1-4-25-23(28-14-17-6-5-7-18(13-17)22(29)24-3)26-11-10-19-15-27-21-12-16(2)8-9-20(19)21/h5-9,12-13,15,27H,4,10-11,14H2,1-3H3,(H,24,29)(H2,25,26,28). The number of rotatable bonds is 7. The van der Waals surface area contributed by atoms with Crippen molar-refractivity contribution in [1.29, 1.82) is 0 Å². The van der Waals surface area contributed by atoms with Crippen LogP contribution in [0, 0.1) is 6.92 Å². The van der Waals surface area contributed by atoms with E-state index in [2.05, 4.69) is 57.2 Å². The minimum absolute atomic E-state index is 0.0882. The molecule has 29 heavy (non-hydrogen) atoms. The average molecular weight is 392 g/mol. The fraction of sp³-hybridized carbons (Fsp3) is 0.304. The molecule has 0 aliphatic heterocycles. The average Bonchev–Trinajstić information content (AvgIpc) is 3.13. The zero-order chi connectivity index (χ0) is 20.6. The fourth-order valence-corrected chi connectivity index (χ4v) is 3.29. The number of hydrogen-bond donors (Lipinski definition) is 4. The van der Waals surface area contributed by atoms with Crippen molar-refractivity contribution in [2.24, 2.45) is 4.99 Å². The predicted octanol–water partition coefficient (Wildman–Crippen LogP) is 3.13. The second-order valence-electron chi connectivity index (χ2n) is 7.01. The third-order valence-corrected chi connectivity index (χ3v) is 4.79. The Morgan fingerprint density at radius 3 is 2.79 bits per heavy atom. The number of amides is 1. The van der Waals surface area contributed by atoms with Crippen LogP contribution in [-0.2, 0) is 13.0 Å². The quantitative estimate of drug-likeness (QED) is 0.369. The highest BCUT2D eigenvalue weighted by Gasteiger charge is 2.06. The number of fused-ring (bicyclic) bond motifs is 1. The Kier molecular flexibility index (Phi) is 6.89. The van der Waals surface area contributed by atoms with Gasteiger partial charge in [0.15, 0.2) is 5.96 Å². The van der Waals surface area contributed by atoms with Crippen molar-refractivity contribution >= 4 is 22.8 Å². The lowest BCUT2D eigenvalue weighted by Crippen LogP contribution is -2.38. The van der Waals surface area contributed by atoms with Crippen molar-refractivity contribution < 1.29 is 4.79 Å². The summed E-state index contributed by atoms with van der Waals surface area (Å²) in [7, 11) is 1.63.